The standard InChI is InChI=1S/C18H25N3O2/c22-17-18(7-9-19-10-8-18)20-15-3-1-2-4-16(15)21(17)11-5-14-6-12-23-13-14/h1-4,14,19-20H,5-13H2/t14-/m1/s1. The van der Waals surface area contributed by atoms with Crippen LogP contribution in [0.1, 0.15) is 25.7 Å². The van der Waals surface area contributed by atoms with Gasteiger partial charge in [-0.15, -0.1) is 0 Å². The normalized spacial score (nSPS) is 26.2. The lowest BCUT2D eigenvalue weighted by Crippen LogP contribution is -2.61. The Morgan fingerprint density at radius 1 is 1.26 bits per heavy atom. The Hall–Kier alpha value is -1.59. The van der Waals surface area contributed by atoms with Gasteiger partial charge in [0.2, 0.25) is 0 Å². The Morgan fingerprint density at radius 3 is 2.87 bits per heavy atom. The van der Waals surface area contributed by atoms with E-state index in [2.05, 4.69) is 22.8 Å². The van der Waals surface area contributed by atoms with Crippen molar-refractivity contribution in [2.45, 2.75) is 31.2 Å². The molecule has 0 aromatic heterocycles. The predicted molar refractivity (Wildman–Crippen MR) is 90.8 cm³/mol. The van der Waals surface area contributed by atoms with E-state index < -0.39 is 5.54 Å². The molecular formula is C18H25N3O2. The summed E-state index contributed by atoms with van der Waals surface area (Å²) in [5.41, 5.74) is 1.70. The van der Waals surface area contributed by atoms with Crippen molar-refractivity contribution >= 4 is 17.3 Å². The van der Waals surface area contributed by atoms with Crippen LogP contribution < -0.4 is 15.5 Å². The van der Waals surface area contributed by atoms with Crippen LogP contribution in [0.3, 0.4) is 0 Å². The van der Waals surface area contributed by atoms with Crippen LogP contribution >= 0.6 is 0 Å². The van der Waals surface area contributed by atoms with Crippen LogP contribution in [-0.2, 0) is 9.53 Å². The Kier molecular flexibility index (Phi) is 3.99. The minimum absolute atomic E-state index is 0.247. The highest BCUT2D eigenvalue weighted by Gasteiger charge is 2.46. The number of carbonyl (C=O) groups excluding carboxylic acids is 1. The van der Waals surface area contributed by atoms with Crippen LogP contribution in [0.15, 0.2) is 24.3 Å². The molecule has 1 amide bonds. The Morgan fingerprint density at radius 2 is 2.09 bits per heavy atom. The van der Waals surface area contributed by atoms with E-state index in [0.29, 0.717) is 5.92 Å². The number of amides is 1. The molecule has 4 rings (SSSR count). The van der Waals surface area contributed by atoms with Crippen LogP contribution in [0.4, 0.5) is 11.4 Å². The van der Waals surface area contributed by atoms with Crippen molar-refractivity contribution in [3.8, 4) is 0 Å². The number of hydrogen-bond donors (Lipinski definition) is 2. The van der Waals surface area contributed by atoms with Gasteiger partial charge in [0.1, 0.15) is 5.54 Å². The van der Waals surface area contributed by atoms with E-state index in [4.69, 9.17) is 4.74 Å². The molecule has 0 bridgehead atoms. The van der Waals surface area contributed by atoms with Gasteiger partial charge in [-0.1, -0.05) is 12.1 Å². The van der Waals surface area contributed by atoms with Crippen molar-refractivity contribution in [2.75, 3.05) is 43.1 Å². The molecule has 3 aliphatic rings. The third-order valence-electron chi connectivity index (χ3n) is 5.47. The van der Waals surface area contributed by atoms with Gasteiger partial charge in [-0.2, -0.15) is 0 Å². The van der Waals surface area contributed by atoms with Crippen molar-refractivity contribution < 1.29 is 9.53 Å². The maximum Gasteiger partial charge on any atom is 0.252 e. The highest BCUT2D eigenvalue weighted by atomic mass is 16.5. The number of hydrogen-bond acceptors (Lipinski definition) is 4. The monoisotopic (exact) mass is 315 g/mol. The predicted octanol–water partition coefficient (Wildman–Crippen LogP) is 1.99. The highest BCUT2D eigenvalue weighted by molar-refractivity contribution is 6.08. The number of piperidine rings is 1. The van der Waals surface area contributed by atoms with Gasteiger partial charge in [0, 0.05) is 19.8 Å². The first-order chi connectivity index (χ1) is 11.3. The van der Waals surface area contributed by atoms with Crippen LogP contribution in [-0.4, -0.2) is 44.3 Å². The fourth-order valence-corrected chi connectivity index (χ4v) is 4.03. The Labute approximate surface area is 137 Å². The van der Waals surface area contributed by atoms with E-state index in [1.54, 1.807) is 0 Å². The van der Waals surface area contributed by atoms with Crippen molar-refractivity contribution in [1.82, 2.24) is 5.32 Å². The molecule has 1 atom stereocenters. The van der Waals surface area contributed by atoms with E-state index in [1.807, 2.05) is 17.0 Å². The van der Waals surface area contributed by atoms with Crippen LogP contribution in [0.25, 0.3) is 0 Å². The summed E-state index contributed by atoms with van der Waals surface area (Å²) in [5, 5.41) is 6.93. The summed E-state index contributed by atoms with van der Waals surface area (Å²) in [6.07, 6.45) is 3.85. The number of rotatable bonds is 3. The molecule has 2 saturated heterocycles. The zero-order valence-corrected chi connectivity index (χ0v) is 13.5. The molecule has 2 fully saturated rings. The van der Waals surface area contributed by atoms with Crippen LogP contribution in [0.5, 0.6) is 0 Å². The molecule has 23 heavy (non-hydrogen) atoms. The number of para-hydroxylation sites is 2. The minimum atomic E-state index is -0.425. The quantitative estimate of drug-likeness (QED) is 0.896. The van der Waals surface area contributed by atoms with E-state index in [0.717, 1.165) is 69.9 Å². The van der Waals surface area contributed by atoms with E-state index in [9.17, 15) is 4.79 Å². The summed E-state index contributed by atoms with van der Waals surface area (Å²) >= 11 is 0. The van der Waals surface area contributed by atoms with Gasteiger partial charge in [-0.05, 0) is 56.8 Å². The van der Waals surface area contributed by atoms with Gasteiger partial charge in [0.05, 0.1) is 11.4 Å². The van der Waals surface area contributed by atoms with E-state index >= 15 is 0 Å². The van der Waals surface area contributed by atoms with Crippen LogP contribution in [0.2, 0.25) is 0 Å². The second-order valence-electron chi connectivity index (χ2n) is 6.95. The third kappa shape index (κ3) is 2.72. The summed E-state index contributed by atoms with van der Waals surface area (Å²) in [4.78, 5) is 15.3. The fourth-order valence-electron chi connectivity index (χ4n) is 4.03. The molecule has 3 aliphatic heterocycles. The molecule has 5 heteroatoms. The van der Waals surface area contributed by atoms with Crippen molar-refractivity contribution in [1.29, 1.82) is 0 Å². The molecule has 1 spiro atoms. The Bertz CT molecular complexity index is 577. The van der Waals surface area contributed by atoms with Crippen molar-refractivity contribution in [3.63, 3.8) is 0 Å². The van der Waals surface area contributed by atoms with Gasteiger partial charge in [-0.25, -0.2) is 0 Å². The molecule has 0 unspecified atom stereocenters. The smallest absolute Gasteiger partial charge is 0.252 e. The van der Waals surface area contributed by atoms with E-state index in [-0.39, 0.29) is 5.91 Å². The molecule has 1 aromatic rings. The molecule has 2 N–H and O–H groups in total. The van der Waals surface area contributed by atoms with Gasteiger partial charge in [0.25, 0.3) is 5.91 Å². The summed E-state index contributed by atoms with van der Waals surface area (Å²) in [7, 11) is 0. The first kappa shape index (κ1) is 15.0. The first-order valence-electron chi connectivity index (χ1n) is 8.76. The number of nitrogens with one attached hydrogen (secondary N) is 2. The molecule has 3 heterocycles. The molecule has 0 radical (unpaired) electrons. The number of nitrogens with zero attached hydrogens (tertiary/aromatic N) is 1. The highest BCUT2D eigenvalue weighted by Crippen LogP contribution is 2.39. The second kappa shape index (κ2) is 6.13. The molecule has 5 nitrogen and oxygen atoms in total. The molecule has 0 saturated carbocycles. The number of benzene rings is 1. The number of carbonyl (C=O) groups is 1. The fraction of sp³-hybridized carbons (Fsp3) is 0.611. The molecular weight excluding hydrogens is 290 g/mol. The third-order valence-corrected chi connectivity index (χ3v) is 5.47. The maximum atomic E-state index is 13.3. The SMILES string of the molecule is O=C1N(CC[C@@H]2CCOC2)c2ccccc2NC12CCNCC2. The van der Waals surface area contributed by atoms with Crippen molar-refractivity contribution in [2.24, 2.45) is 5.92 Å². The lowest BCUT2D eigenvalue weighted by Gasteiger charge is -2.46. The Balaban J connectivity index is 1.60. The number of anilines is 2. The summed E-state index contributed by atoms with van der Waals surface area (Å²) in [6, 6.07) is 8.20. The van der Waals surface area contributed by atoms with E-state index in [1.165, 1.54) is 0 Å². The van der Waals surface area contributed by atoms with Crippen molar-refractivity contribution in [3.05, 3.63) is 24.3 Å². The first-order valence-corrected chi connectivity index (χ1v) is 8.76. The lowest BCUT2D eigenvalue weighted by molar-refractivity contribution is -0.124. The zero-order chi connectivity index (χ0) is 15.7. The average Bonchev–Trinajstić information content (AvgIpc) is 3.10. The molecule has 0 aliphatic carbocycles. The minimum Gasteiger partial charge on any atom is -0.381 e. The summed E-state index contributed by atoms with van der Waals surface area (Å²) in [6.45, 7) is 4.29. The van der Waals surface area contributed by atoms with Gasteiger partial charge >= 0.3 is 0 Å². The molecule has 124 valence electrons. The number of ether oxygens (including phenoxy) is 1. The number of fused-ring (bicyclic) bond motifs is 1. The average molecular weight is 315 g/mol. The topological polar surface area (TPSA) is 53.6 Å². The summed E-state index contributed by atoms with van der Waals surface area (Å²) < 4.78 is 5.48. The largest absolute Gasteiger partial charge is 0.381 e. The maximum absolute atomic E-state index is 13.3. The summed E-state index contributed by atoms with van der Waals surface area (Å²) in [5.74, 6) is 0.838. The molecule has 1 aromatic carbocycles. The van der Waals surface area contributed by atoms with Crippen LogP contribution in [0, 0.1) is 5.92 Å². The van der Waals surface area contributed by atoms with Gasteiger partial charge in [-0.3, -0.25) is 4.79 Å². The second-order valence-corrected chi connectivity index (χ2v) is 6.95. The zero-order valence-electron chi connectivity index (χ0n) is 13.5. The van der Waals surface area contributed by atoms with Gasteiger partial charge in [0.15, 0.2) is 0 Å². The van der Waals surface area contributed by atoms with Gasteiger partial charge < -0.3 is 20.3 Å². The lowest BCUT2D eigenvalue weighted by atomic mass is 9.84.